The largest absolute Gasteiger partial charge is 0.508 e. The van der Waals surface area contributed by atoms with Gasteiger partial charge in [-0.25, -0.2) is 9.59 Å². The summed E-state index contributed by atoms with van der Waals surface area (Å²) in [7, 11) is 8.56. The molecule has 0 bridgehead atoms. The number of azide groups is 1. The fourth-order valence-corrected chi connectivity index (χ4v) is 9.45. The van der Waals surface area contributed by atoms with Crippen molar-refractivity contribution in [3.8, 4) is 0 Å². The number of esters is 2. The minimum Gasteiger partial charge on any atom is -0.461 e. The lowest BCUT2D eigenvalue weighted by atomic mass is 9.82. The molecule has 1 aromatic rings. The molecule has 0 radical (unpaired) electrons. The second kappa shape index (κ2) is 24.3. The van der Waals surface area contributed by atoms with E-state index in [1.165, 1.54) is 7.11 Å². The molecule has 362 valence electrons. The van der Waals surface area contributed by atoms with Crippen LogP contribution < -0.4 is 0 Å². The highest BCUT2D eigenvalue weighted by Gasteiger charge is 2.59. The summed E-state index contributed by atoms with van der Waals surface area (Å²) >= 11 is 0. The van der Waals surface area contributed by atoms with Crippen LogP contribution in [0.1, 0.15) is 100.0 Å². The van der Waals surface area contributed by atoms with Gasteiger partial charge in [0.05, 0.1) is 49.3 Å². The van der Waals surface area contributed by atoms with E-state index in [1.807, 2.05) is 60.7 Å². The maximum atomic E-state index is 14.6. The Bertz CT molecular complexity index is 1720. The minimum atomic E-state index is -1.28. The van der Waals surface area contributed by atoms with Crippen molar-refractivity contribution in [2.45, 2.75) is 167 Å². The molecule has 0 aromatic carbocycles. The number of carbonyl (C=O) groups is 4. The van der Waals surface area contributed by atoms with E-state index >= 15 is 0 Å². The molecular formula is C45H75N7O12. The number of carbonyl (C=O) groups excluding carboxylic acids is 4. The molecule has 3 aliphatic rings. The number of methoxy groups -OCH3 is 2. The van der Waals surface area contributed by atoms with E-state index in [1.54, 1.807) is 43.5 Å². The van der Waals surface area contributed by atoms with Crippen LogP contribution in [-0.2, 0) is 53.9 Å². The lowest BCUT2D eigenvalue weighted by molar-refractivity contribution is -0.294. The van der Waals surface area contributed by atoms with Crippen LogP contribution in [0.3, 0.4) is 0 Å². The van der Waals surface area contributed by atoms with Crippen molar-refractivity contribution in [2.24, 2.45) is 17.0 Å². The van der Waals surface area contributed by atoms with Gasteiger partial charge in [-0.05, 0) is 111 Å². The van der Waals surface area contributed by atoms with E-state index in [0.29, 0.717) is 57.3 Å². The van der Waals surface area contributed by atoms with Gasteiger partial charge in [-0.3, -0.25) is 19.5 Å². The lowest BCUT2D eigenvalue weighted by Crippen LogP contribution is -2.61. The Morgan fingerprint density at radius 2 is 1.81 bits per heavy atom. The molecule has 4 rings (SSSR count). The highest BCUT2D eigenvalue weighted by molar-refractivity contribution is 5.76. The van der Waals surface area contributed by atoms with Crippen molar-refractivity contribution in [2.75, 3.05) is 55.0 Å². The van der Waals surface area contributed by atoms with Gasteiger partial charge in [-0.2, -0.15) is 0 Å². The minimum absolute atomic E-state index is 0. The molecule has 4 heterocycles. The van der Waals surface area contributed by atoms with Gasteiger partial charge in [-0.15, -0.1) is 0 Å². The standard InChI is InChI=1S/C44H71N7O12.CH4/c1-13-34-44(7)38(51(41(54)63-44)20-15-14-19-47-48-45)30(5)50(10)26-27(2)24-43(6,57-12)35(61-40-37(62-42(55)56-11)32(49(8)9)21-28(3)58-40)23-33(29(4)39(53)60-34)59-36(52)22-31-17-16-18-46-25-31;/h16-18,25,27-30,32-35,37-38,40H,13-15,19-24,26H2,1-12H3;1H4/t27-,28?,29-,30-,32?,33?,34-,35-,37?,38-,40+,43-,44-;/m1./s1. The summed E-state index contributed by atoms with van der Waals surface area (Å²) < 4.78 is 49.5. The van der Waals surface area contributed by atoms with Gasteiger partial charge >= 0.3 is 24.2 Å². The number of unbranched alkanes of at least 4 members (excludes halogenated alkanes) is 1. The number of aromatic nitrogens is 1. The second-order valence-corrected chi connectivity index (χ2v) is 18.0. The Labute approximate surface area is 379 Å². The third-order valence-corrected chi connectivity index (χ3v) is 13.0. The molecule has 1 aromatic heterocycles. The van der Waals surface area contributed by atoms with Crippen LogP contribution in [-0.4, -0.2) is 165 Å². The van der Waals surface area contributed by atoms with Crippen molar-refractivity contribution in [3.63, 3.8) is 0 Å². The highest BCUT2D eigenvalue weighted by Crippen LogP contribution is 2.41. The monoisotopic (exact) mass is 906 g/mol. The zero-order chi connectivity index (χ0) is 46.6. The van der Waals surface area contributed by atoms with E-state index < -0.39 is 78.1 Å². The molecular weight excluding hydrogens is 831 g/mol. The molecule has 13 atom stereocenters. The number of cyclic esters (lactones) is 1. The summed E-state index contributed by atoms with van der Waals surface area (Å²) in [6.45, 7) is 14.4. The molecule has 3 saturated heterocycles. The van der Waals surface area contributed by atoms with Crippen LogP contribution in [0.4, 0.5) is 9.59 Å². The summed E-state index contributed by atoms with van der Waals surface area (Å²) in [5.41, 5.74) is 7.02. The van der Waals surface area contributed by atoms with Gasteiger partial charge < -0.3 is 47.7 Å². The predicted molar refractivity (Wildman–Crippen MR) is 237 cm³/mol. The first-order valence-electron chi connectivity index (χ1n) is 22.1. The molecule has 0 aliphatic carbocycles. The zero-order valence-electron chi connectivity index (χ0n) is 39.3. The van der Waals surface area contributed by atoms with Crippen LogP contribution in [0, 0.1) is 11.8 Å². The van der Waals surface area contributed by atoms with E-state index in [-0.39, 0.29) is 44.4 Å². The number of hydrogen-bond acceptors (Lipinski definition) is 16. The Morgan fingerprint density at radius 3 is 2.42 bits per heavy atom. The summed E-state index contributed by atoms with van der Waals surface area (Å²) in [6.07, 6.45) is -1.36. The molecule has 0 saturated carbocycles. The van der Waals surface area contributed by atoms with Crippen LogP contribution in [0.15, 0.2) is 29.6 Å². The fraction of sp³-hybridized carbons (Fsp3) is 0.800. The number of hydrogen-bond donors (Lipinski definition) is 0. The quantitative estimate of drug-likeness (QED) is 0.0483. The number of likely N-dealkylation sites (N-methyl/N-ethyl adjacent to an activating group) is 2. The molecule has 64 heavy (non-hydrogen) atoms. The Hall–Kier alpha value is -4.26. The molecule has 0 spiro atoms. The second-order valence-electron chi connectivity index (χ2n) is 18.0. The van der Waals surface area contributed by atoms with Crippen molar-refractivity contribution < 1.29 is 57.1 Å². The first-order chi connectivity index (χ1) is 29.8. The fourth-order valence-electron chi connectivity index (χ4n) is 9.45. The number of rotatable bonds is 14. The van der Waals surface area contributed by atoms with Gasteiger partial charge in [0.15, 0.2) is 18.0 Å². The first-order valence-corrected chi connectivity index (χ1v) is 22.1. The topological polar surface area (TPSA) is 213 Å². The lowest BCUT2D eigenvalue weighted by Gasteiger charge is -2.47. The van der Waals surface area contributed by atoms with Crippen LogP contribution >= 0.6 is 0 Å². The van der Waals surface area contributed by atoms with Gasteiger partial charge in [0.1, 0.15) is 12.2 Å². The summed E-state index contributed by atoms with van der Waals surface area (Å²) in [4.78, 5) is 67.8. The van der Waals surface area contributed by atoms with Crippen molar-refractivity contribution in [3.05, 3.63) is 40.5 Å². The molecule has 4 unspecified atom stereocenters. The smallest absolute Gasteiger partial charge is 0.461 e. The molecule has 1 amide bonds. The average molecular weight is 906 g/mol. The van der Waals surface area contributed by atoms with E-state index in [0.717, 1.165) is 0 Å². The molecule has 0 N–H and O–H groups in total. The van der Waals surface area contributed by atoms with Crippen LogP contribution in [0.2, 0.25) is 0 Å². The maximum absolute atomic E-state index is 14.6. The van der Waals surface area contributed by atoms with E-state index in [9.17, 15) is 19.2 Å². The summed E-state index contributed by atoms with van der Waals surface area (Å²) in [5, 5.41) is 3.65. The number of amides is 1. The Balaban J connectivity index is 0.0000109. The van der Waals surface area contributed by atoms with Crippen LogP contribution in [0.25, 0.3) is 10.4 Å². The van der Waals surface area contributed by atoms with Gasteiger partial charge in [0.25, 0.3) is 0 Å². The first kappa shape index (κ1) is 54.1. The van der Waals surface area contributed by atoms with Crippen molar-refractivity contribution >= 4 is 24.2 Å². The van der Waals surface area contributed by atoms with Gasteiger partial charge in [0, 0.05) is 56.5 Å². The van der Waals surface area contributed by atoms with Gasteiger partial charge in [0.2, 0.25) is 0 Å². The summed E-state index contributed by atoms with van der Waals surface area (Å²) in [5.74, 6) is -2.40. The number of ether oxygens (including phenoxy) is 8. The van der Waals surface area contributed by atoms with E-state index in [2.05, 4.69) is 26.8 Å². The predicted octanol–water partition coefficient (Wildman–Crippen LogP) is 6.56. The SMILES string of the molecule is C.CC[C@H]1OC(=O)[C@H](C)C(OC(=O)Cc2cccnc2)C[C@@H](O[C@@H]2OC(C)CC(N(C)C)C2OC(=O)OC)[C@](C)(OC)C[C@@H](C)CN(C)[C@H](C)[C@H]2N(CCCCN=[N+]=[N-])C(=O)O[C@]12C. The normalized spacial score (nSPS) is 34.1. The average Bonchev–Trinajstić information content (AvgIpc) is 3.50. The molecule has 19 heteroatoms. The molecule has 3 fully saturated rings. The summed E-state index contributed by atoms with van der Waals surface area (Å²) in [6, 6.07) is 2.30. The van der Waals surface area contributed by atoms with E-state index in [4.69, 9.17) is 43.4 Å². The molecule has 3 aliphatic heterocycles. The highest BCUT2D eigenvalue weighted by atomic mass is 16.8. The third-order valence-electron chi connectivity index (χ3n) is 13.0. The number of fused-ring (bicyclic) bond motifs is 1. The number of nitrogens with zero attached hydrogens (tertiary/aromatic N) is 7. The number of pyridine rings is 1. The van der Waals surface area contributed by atoms with Crippen LogP contribution in [0.5, 0.6) is 0 Å². The Kier molecular flexibility index (Phi) is 20.5. The molecule has 19 nitrogen and oxygen atoms in total. The van der Waals surface area contributed by atoms with Gasteiger partial charge in [-0.1, -0.05) is 32.5 Å². The maximum Gasteiger partial charge on any atom is 0.508 e. The Morgan fingerprint density at radius 1 is 1.09 bits per heavy atom. The van der Waals surface area contributed by atoms with Crippen molar-refractivity contribution in [1.82, 2.24) is 19.7 Å². The third kappa shape index (κ3) is 13.4. The van der Waals surface area contributed by atoms with Crippen molar-refractivity contribution in [1.29, 1.82) is 0 Å². The zero-order valence-corrected chi connectivity index (χ0v) is 39.3.